The lowest BCUT2D eigenvalue weighted by Gasteiger charge is -2.11. The van der Waals surface area contributed by atoms with Crippen LogP contribution in [-0.4, -0.2) is 5.78 Å². The molecular weight excluding hydrogens is 366 g/mol. The molecule has 0 fully saturated rings. The predicted molar refractivity (Wildman–Crippen MR) is 80.7 cm³/mol. The van der Waals surface area contributed by atoms with Gasteiger partial charge in [-0.2, -0.15) is 0 Å². The minimum atomic E-state index is -1.20. The maximum atomic E-state index is 13.9. The molecule has 0 heterocycles. The first-order valence-corrected chi connectivity index (χ1v) is 6.88. The summed E-state index contributed by atoms with van der Waals surface area (Å²) in [7, 11) is 0. The molecule has 0 unspecified atom stereocenters. The molecule has 0 bridgehead atoms. The number of benzene rings is 2. The standard InChI is InChI=1S/C13H5Cl4F2NO/c14-4-3-5(15)10(16)11(17)8(4)13(21)9-6(18)1-2-7(20)12(9)19/h1-3H,20H2. The average Bonchev–Trinajstić information content (AvgIpc) is 2.41. The number of carbonyl (C=O) groups is 1. The van der Waals surface area contributed by atoms with Crippen LogP contribution in [0.1, 0.15) is 15.9 Å². The van der Waals surface area contributed by atoms with Crippen LogP contribution in [-0.2, 0) is 0 Å². The zero-order chi connectivity index (χ0) is 15.9. The highest BCUT2D eigenvalue weighted by Crippen LogP contribution is 2.39. The Morgan fingerprint density at radius 1 is 0.952 bits per heavy atom. The fourth-order valence-corrected chi connectivity index (χ4v) is 2.76. The van der Waals surface area contributed by atoms with Gasteiger partial charge in [-0.25, -0.2) is 8.78 Å². The number of rotatable bonds is 2. The smallest absolute Gasteiger partial charge is 0.202 e. The minimum Gasteiger partial charge on any atom is -0.396 e. The van der Waals surface area contributed by atoms with Crippen molar-refractivity contribution in [1.82, 2.24) is 0 Å². The van der Waals surface area contributed by atoms with Gasteiger partial charge in [0.1, 0.15) is 5.82 Å². The number of ketones is 1. The van der Waals surface area contributed by atoms with Crippen molar-refractivity contribution >= 4 is 57.9 Å². The van der Waals surface area contributed by atoms with Crippen molar-refractivity contribution in [2.45, 2.75) is 0 Å². The third-order valence-electron chi connectivity index (χ3n) is 2.69. The van der Waals surface area contributed by atoms with E-state index in [1.807, 2.05) is 0 Å². The Hall–Kier alpha value is -1.07. The van der Waals surface area contributed by atoms with Crippen LogP contribution in [0.3, 0.4) is 0 Å². The second-order valence-corrected chi connectivity index (χ2v) is 5.57. The van der Waals surface area contributed by atoms with Crippen molar-refractivity contribution in [3.05, 3.63) is 61.1 Å². The third kappa shape index (κ3) is 2.81. The molecule has 0 aliphatic heterocycles. The molecule has 2 aromatic rings. The summed E-state index contributed by atoms with van der Waals surface area (Å²) in [6.45, 7) is 0. The molecular formula is C13H5Cl4F2NO. The molecule has 0 amide bonds. The molecule has 0 atom stereocenters. The molecule has 0 saturated carbocycles. The Kier molecular flexibility index (Phi) is 4.63. The Bertz CT molecular complexity index is 765. The number of anilines is 1. The predicted octanol–water partition coefficient (Wildman–Crippen LogP) is 5.39. The summed E-state index contributed by atoms with van der Waals surface area (Å²) >= 11 is 23.3. The molecule has 2 nitrogen and oxygen atoms in total. The number of hydrogen-bond acceptors (Lipinski definition) is 2. The van der Waals surface area contributed by atoms with E-state index in [1.165, 1.54) is 0 Å². The van der Waals surface area contributed by atoms with Crippen molar-refractivity contribution in [2.24, 2.45) is 0 Å². The fraction of sp³-hybridized carbons (Fsp3) is 0. The van der Waals surface area contributed by atoms with Crippen LogP contribution in [0, 0.1) is 11.6 Å². The first-order chi connectivity index (χ1) is 9.75. The summed E-state index contributed by atoms with van der Waals surface area (Å²) in [5.41, 5.74) is 3.73. The van der Waals surface area contributed by atoms with Gasteiger partial charge in [-0.15, -0.1) is 0 Å². The van der Waals surface area contributed by atoms with Gasteiger partial charge < -0.3 is 5.73 Å². The molecule has 8 heteroatoms. The van der Waals surface area contributed by atoms with E-state index >= 15 is 0 Å². The lowest BCUT2D eigenvalue weighted by Crippen LogP contribution is -2.11. The third-order valence-corrected chi connectivity index (χ3v) is 4.25. The molecule has 2 rings (SSSR count). The maximum Gasteiger partial charge on any atom is 0.202 e. The van der Waals surface area contributed by atoms with Gasteiger partial charge in [-0.3, -0.25) is 4.79 Å². The zero-order valence-corrected chi connectivity index (χ0v) is 13.0. The van der Waals surface area contributed by atoms with Crippen molar-refractivity contribution in [1.29, 1.82) is 0 Å². The lowest BCUT2D eigenvalue weighted by atomic mass is 10.0. The van der Waals surface area contributed by atoms with Crippen LogP contribution >= 0.6 is 46.4 Å². The van der Waals surface area contributed by atoms with Gasteiger partial charge >= 0.3 is 0 Å². The molecule has 0 spiro atoms. The Labute approximate surface area is 138 Å². The topological polar surface area (TPSA) is 43.1 Å². The van der Waals surface area contributed by atoms with E-state index < -0.39 is 23.0 Å². The second-order valence-electron chi connectivity index (χ2n) is 4.00. The van der Waals surface area contributed by atoms with Crippen molar-refractivity contribution in [2.75, 3.05) is 5.73 Å². The van der Waals surface area contributed by atoms with Crippen LogP contribution in [0.25, 0.3) is 0 Å². The first-order valence-electron chi connectivity index (χ1n) is 5.36. The molecule has 21 heavy (non-hydrogen) atoms. The molecule has 0 aliphatic carbocycles. The summed E-state index contributed by atoms with van der Waals surface area (Å²) in [5, 5.41) is -0.603. The summed E-state index contributed by atoms with van der Waals surface area (Å²) in [5.74, 6) is -3.37. The van der Waals surface area contributed by atoms with Crippen molar-refractivity contribution < 1.29 is 13.6 Å². The molecule has 0 radical (unpaired) electrons. The van der Waals surface area contributed by atoms with Gasteiger partial charge in [0.2, 0.25) is 5.78 Å². The van der Waals surface area contributed by atoms with Crippen molar-refractivity contribution in [3.63, 3.8) is 0 Å². The largest absolute Gasteiger partial charge is 0.396 e. The molecule has 0 saturated heterocycles. The molecule has 0 aliphatic rings. The highest BCUT2D eigenvalue weighted by Gasteiger charge is 2.26. The van der Waals surface area contributed by atoms with E-state index in [0.29, 0.717) is 0 Å². The minimum absolute atomic E-state index is 0.0109. The Morgan fingerprint density at radius 3 is 2.19 bits per heavy atom. The van der Waals surface area contributed by atoms with Crippen LogP contribution in [0.15, 0.2) is 18.2 Å². The first kappa shape index (κ1) is 16.3. The second kappa shape index (κ2) is 5.97. The molecule has 110 valence electrons. The average molecular weight is 371 g/mol. The van der Waals surface area contributed by atoms with E-state index in [-0.39, 0.29) is 31.3 Å². The van der Waals surface area contributed by atoms with Gasteiger partial charge in [-0.1, -0.05) is 46.4 Å². The van der Waals surface area contributed by atoms with Crippen molar-refractivity contribution in [3.8, 4) is 0 Å². The summed E-state index contributed by atoms with van der Waals surface area (Å²) in [4.78, 5) is 12.3. The number of carbonyl (C=O) groups excluding carboxylic acids is 1. The summed E-state index contributed by atoms with van der Waals surface area (Å²) in [6.07, 6.45) is 0. The monoisotopic (exact) mass is 369 g/mol. The van der Waals surface area contributed by atoms with Crippen LogP contribution in [0.5, 0.6) is 0 Å². The molecule has 0 aromatic heterocycles. The molecule has 2 aromatic carbocycles. The van der Waals surface area contributed by atoms with E-state index in [1.54, 1.807) is 0 Å². The van der Waals surface area contributed by atoms with Gasteiger partial charge in [0, 0.05) is 0 Å². The summed E-state index contributed by atoms with van der Waals surface area (Å²) in [6, 6.07) is 3.02. The van der Waals surface area contributed by atoms with E-state index in [4.69, 9.17) is 52.1 Å². The quantitative estimate of drug-likeness (QED) is 0.333. The highest BCUT2D eigenvalue weighted by molar-refractivity contribution is 6.51. The highest BCUT2D eigenvalue weighted by atomic mass is 35.5. The number of nitrogen functional groups attached to an aromatic ring is 1. The lowest BCUT2D eigenvalue weighted by molar-refractivity contribution is 0.103. The van der Waals surface area contributed by atoms with Gasteiger partial charge in [0.25, 0.3) is 0 Å². The summed E-state index contributed by atoms with van der Waals surface area (Å²) < 4.78 is 27.7. The number of nitrogens with two attached hydrogens (primary N) is 1. The zero-order valence-electron chi connectivity index (χ0n) is 9.99. The van der Waals surface area contributed by atoms with E-state index in [9.17, 15) is 13.6 Å². The normalized spacial score (nSPS) is 10.8. The van der Waals surface area contributed by atoms with Crippen LogP contribution in [0.4, 0.5) is 14.5 Å². The Morgan fingerprint density at radius 2 is 1.57 bits per heavy atom. The van der Waals surface area contributed by atoms with E-state index in [2.05, 4.69) is 0 Å². The van der Waals surface area contributed by atoms with Crippen LogP contribution < -0.4 is 5.73 Å². The Balaban J connectivity index is 2.73. The SMILES string of the molecule is Nc1ccc(F)c(C(=O)c2c(Cl)cc(Cl)c(Cl)c2Cl)c1F. The van der Waals surface area contributed by atoms with E-state index in [0.717, 1.165) is 18.2 Å². The number of halogens is 6. The fourth-order valence-electron chi connectivity index (χ4n) is 1.68. The number of hydrogen-bond donors (Lipinski definition) is 1. The van der Waals surface area contributed by atoms with Crippen LogP contribution in [0.2, 0.25) is 20.1 Å². The maximum absolute atomic E-state index is 13.9. The van der Waals surface area contributed by atoms with Gasteiger partial charge in [0.15, 0.2) is 5.82 Å². The van der Waals surface area contributed by atoms with Gasteiger partial charge in [-0.05, 0) is 18.2 Å². The van der Waals surface area contributed by atoms with Gasteiger partial charge in [0.05, 0.1) is 36.9 Å². The molecule has 2 N–H and O–H groups in total.